The molecule has 0 radical (unpaired) electrons. The Balaban J connectivity index is 1.31. The molecule has 2 aromatic carbocycles. The van der Waals surface area contributed by atoms with Crippen molar-refractivity contribution in [1.29, 1.82) is 0 Å². The number of rotatable bonds is 7. The summed E-state index contributed by atoms with van der Waals surface area (Å²) >= 11 is 0. The minimum Gasteiger partial charge on any atom is -0.508 e. The Morgan fingerprint density at radius 2 is 1.80 bits per heavy atom. The number of phenolic OH excluding ortho intramolecular Hbond substituents is 2. The van der Waals surface area contributed by atoms with Gasteiger partial charge in [-0.2, -0.15) is 0 Å². The van der Waals surface area contributed by atoms with Gasteiger partial charge in [0.2, 0.25) is 5.91 Å². The molecule has 0 atom stereocenters. The van der Waals surface area contributed by atoms with Gasteiger partial charge >= 0.3 is 12.1 Å². The van der Waals surface area contributed by atoms with Crippen LogP contribution in [0.4, 0.5) is 4.79 Å². The molecule has 12 nitrogen and oxygen atoms in total. The number of aryl methyl sites for hydroxylation is 1. The third-order valence-electron chi connectivity index (χ3n) is 7.51. The Morgan fingerprint density at radius 1 is 1.05 bits per heavy atom. The number of ether oxygens (including phenoxy) is 1. The van der Waals surface area contributed by atoms with E-state index in [0.29, 0.717) is 55.7 Å². The highest BCUT2D eigenvalue weighted by molar-refractivity contribution is 5.83. The maximum absolute atomic E-state index is 12.9. The van der Waals surface area contributed by atoms with Gasteiger partial charge in [-0.1, -0.05) is 18.9 Å². The number of hydrogen-bond acceptors (Lipinski definition) is 8. The third-order valence-corrected chi connectivity index (χ3v) is 7.51. The van der Waals surface area contributed by atoms with E-state index in [9.17, 15) is 24.9 Å². The average molecular weight is 563 g/mol. The van der Waals surface area contributed by atoms with Crippen LogP contribution in [-0.4, -0.2) is 77.8 Å². The monoisotopic (exact) mass is 562 g/mol. The van der Waals surface area contributed by atoms with Gasteiger partial charge in [-0.3, -0.25) is 4.79 Å². The number of aromatic hydroxyl groups is 3. The predicted octanol–water partition coefficient (Wildman–Crippen LogP) is 3.87. The molecule has 216 valence electrons. The van der Waals surface area contributed by atoms with E-state index in [1.165, 1.54) is 17.7 Å². The molecule has 1 fully saturated rings. The lowest BCUT2D eigenvalue weighted by Gasteiger charge is -2.31. The summed E-state index contributed by atoms with van der Waals surface area (Å²) in [5, 5.41) is 42.7. The van der Waals surface area contributed by atoms with Crippen LogP contribution >= 0.6 is 0 Å². The number of nitrogens with zero attached hydrogens (tertiary/aromatic N) is 5. The smallest absolute Gasteiger partial charge is 0.407 e. The van der Waals surface area contributed by atoms with E-state index in [1.807, 2.05) is 53.8 Å². The van der Waals surface area contributed by atoms with Gasteiger partial charge in [-0.25, -0.2) is 9.36 Å². The molecular formula is C29H34N6O6. The zero-order chi connectivity index (χ0) is 29.3. The largest absolute Gasteiger partial charge is 0.508 e. The number of phenols is 2. The number of piperidine rings is 1. The number of carbonyl (C=O) groups excluding carboxylic acids is 2. The maximum Gasteiger partial charge on any atom is 0.407 e. The van der Waals surface area contributed by atoms with Gasteiger partial charge in [0.25, 0.3) is 0 Å². The summed E-state index contributed by atoms with van der Waals surface area (Å²) in [5.41, 5.74) is 2.47. The van der Waals surface area contributed by atoms with Crippen molar-refractivity contribution in [2.24, 2.45) is 0 Å². The lowest BCUT2D eigenvalue weighted by molar-refractivity contribution is -0.133. The van der Waals surface area contributed by atoms with Crippen LogP contribution in [-0.2, 0) is 16.1 Å². The molecule has 1 aliphatic rings. The number of likely N-dealkylation sites (tertiary alicyclic amines) is 1. The van der Waals surface area contributed by atoms with Crippen molar-refractivity contribution in [2.45, 2.75) is 51.7 Å². The Hall–Kier alpha value is -4.74. The van der Waals surface area contributed by atoms with E-state index in [4.69, 9.17) is 4.74 Å². The van der Waals surface area contributed by atoms with Crippen LogP contribution in [0, 0.1) is 0 Å². The van der Waals surface area contributed by atoms with E-state index in [-0.39, 0.29) is 41.3 Å². The van der Waals surface area contributed by atoms with Gasteiger partial charge in [-0.15, -0.1) is 5.10 Å². The summed E-state index contributed by atoms with van der Waals surface area (Å²) < 4.78 is 8.74. The van der Waals surface area contributed by atoms with E-state index < -0.39 is 6.09 Å². The number of fused-ring (bicyclic) bond motifs is 1. The molecule has 4 N–H and O–H groups in total. The second-order valence-electron chi connectivity index (χ2n) is 10.5. The topological polar surface area (TPSA) is 155 Å². The summed E-state index contributed by atoms with van der Waals surface area (Å²) in [6, 6.07) is 10.1. The molecule has 1 saturated heterocycles. The van der Waals surface area contributed by atoms with Crippen molar-refractivity contribution >= 4 is 22.9 Å². The third kappa shape index (κ3) is 5.63. The van der Waals surface area contributed by atoms with E-state index >= 15 is 0 Å². The molecule has 5 rings (SSSR count). The first kappa shape index (κ1) is 27.8. The normalized spacial score (nSPS) is 14.1. The molecule has 2 amide bonds. The first-order valence-corrected chi connectivity index (χ1v) is 13.6. The first-order valence-electron chi connectivity index (χ1n) is 13.6. The van der Waals surface area contributed by atoms with Gasteiger partial charge in [0.1, 0.15) is 17.6 Å². The molecule has 0 spiro atoms. The Kier molecular flexibility index (Phi) is 7.73. The molecule has 0 saturated carbocycles. The predicted molar refractivity (Wildman–Crippen MR) is 151 cm³/mol. The highest BCUT2D eigenvalue weighted by Gasteiger charge is 2.25. The SMILES string of the molecule is CNC(=O)OC1CCN(C(=O)CCn2ccc3cc(-n4c(O)nnc4-c4cc(C(C)C)c(O)cc4O)ccc32)CC1. The summed E-state index contributed by atoms with van der Waals surface area (Å²) in [6.45, 7) is 5.46. The summed E-state index contributed by atoms with van der Waals surface area (Å²) in [4.78, 5) is 26.1. The van der Waals surface area contributed by atoms with Crippen molar-refractivity contribution in [1.82, 2.24) is 29.5 Å². The van der Waals surface area contributed by atoms with Crippen LogP contribution in [0.2, 0.25) is 0 Å². The molecule has 0 bridgehead atoms. The molecule has 0 aliphatic carbocycles. The number of hydrogen-bond donors (Lipinski definition) is 4. The van der Waals surface area contributed by atoms with E-state index in [1.54, 1.807) is 6.07 Å². The van der Waals surface area contributed by atoms with Crippen molar-refractivity contribution in [3.63, 3.8) is 0 Å². The van der Waals surface area contributed by atoms with Gasteiger partial charge in [0.05, 0.1) is 11.3 Å². The summed E-state index contributed by atoms with van der Waals surface area (Å²) in [7, 11) is 1.52. The number of benzene rings is 2. The minimum absolute atomic E-state index is 0.00261. The molecular weight excluding hydrogens is 528 g/mol. The van der Waals surface area contributed by atoms with Crippen LogP contribution < -0.4 is 5.32 Å². The highest BCUT2D eigenvalue weighted by atomic mass is 16.6. The van der Waals surface area contributed by atoms with Crippen LogP contribution in [0.1, 0.15) is 44.6 Å². The first-order chi connectivity index (χ1) is 19.7. The van der Waals surface area contributed by atoms with Crippen molar-refractivity contribution in [3.05, 3.63) is 48.2 Å². The fourth-order valence-electron chi connectivity index (χ4n) is 5.25. The molecule has 3 heterocycles. The standard InChI is InChI=1S/C29H34N6O6/c1-17(2)21-15-22(25(37)16-24(21)36)27-31-32-28(39)35(27)19-4-5-23-18(14-19)6-10-33(23)13-9-26(38)34-11-7-20(8-12-34)41-29(40)30-3/h4-6,10,14-17,20,36-37H,7-9,11-13H2,1-3H3,(H,30,40)(H,32,39). The molecule has 0 unspecified atom stereocenters. The quantitative estimate of drug-likeness (QED) is 0.265. The Bertz CT molecular complexity index is 1580. The van der Waals surface area contributed by atoms with Crippen LogP contribution in [0.25, 0.3) is 28.0 Å². The lowest BCUT2D eigenvalue weighted by atomic mass is 9.98. The van der Waals surface area contributed by atoms with Crippen molar-refractivity contribution in [3.8, 4) is 34.6 Å². The van der Waals surface area contributed by atoms with Gasteiger partial charge in [0, 0.05) is 69.1 Å². The van der Waals surface area contributed by atoms with Crippen LogP contribution in [0.15, 0.2) is 42.6 Å². The summed E-state index contributed by atoms with van der Waals surface area (Å²) in [5.74, 6) is 0.0845. The second kappa shape index (κ2) is 11.4. The number of amides is 2. The average Bonchev–Trinajstić information content (AvgIpc) is 3.54. The lowest BCUT2D eigenvalue weighted by Crippen LogP contribution is -2.42. The number of carbonyl (C=O) groups is 2. The fraction of sp³-hybridized carbons (Fsp3) is 0.379. The van der Waals surface area contributed by atoms with Gasteiger partial charge < -0.3 is 34.8 Å². The zero-order valence-corrected chi connectivity index (χ0v) is 23.2. The second-order valence-corrected chi connectivity index (χ2v) is 10.5. The minimum atomic E-state index is -0.452. The van der Waals surface area contributed by atoms with Crippen molar-refractivity contribution in [2.75, 3.05) is 20.1 Å². The van der Waals surface area contributed by atoms with Crippen LogP contribution in [0.3, 0.4) is 0 Å². The summed E-state index contributed by atoms with van der Waals surface area (Å²) in [6.07, 6.45) is 2.86. The number of alkyl carbamates (subject to hydrolysis) is 1. The van der Waals surface area contributed by atoms with Crippen LogP contribution in [0.5, 0.6) is 17.5 Å². The molecule has 41 heavy (non-hydrogen) atoms. The van der Waals surface area contributed by atoms with Gasteiger partial charge in [-0.05, 0) is 41.8 Å². The molecule has 1 aliphatic heterocycles. The molecule has 4 aromatic rings. The van der Waals surface area contributed by atoms with E-state index in [0.717, 1.165) is 10.9 Å². The zero-order valence-electron chi connectivity index (χ0n) is 23.2. The Morgan fingerprint density at radius 3 is 2.51 bits per heavy atom. The molecule has 12 heteroatoms. The van der Waals surface area contributed by atoms with Crippen molar-refractivity contribution < 1.29 is 29.6 Å². The fourth-order valence-corrected chi connectivity index (χ4v) is 5.25. The Labute approximate surface area is 236 Å². The van der Waals surface area contributed by atoms with E-state index in [2.05, 4.69) is 15.5 Å². The molecule has 2 aromatic heterocycles. The maximum atomic E-state index is 12.9. The van der Waals surface area contributed by atoms with Gasteiger partial charge in [0.15, 0.2) is 5.82 Å². The highest BCUT2D eigenvalue weighted by Crippen LogP contribution is 2.39. The number of nitrogens with one attached hydrogen (secondary N) is 1. The number of aromatic nitrogens is 4.